The highest BCUT2D eigenvalue weighted by Crippen LogP contribution is 2.59. The molecule has 3 rings (SSSR count). The maximum atomic E-state index is 10.8. The van der Waals surface area contributed by atoms with Crippen LogP contribution in [0.4, 0.5) is 0 Å². The average molecular weight is 302 g/mol. The van der Waals surface area contributed by atoms with Gasteiger partial charge in [0.2, 0.25) is 0 Å². The molecule has 1 aromatic carbocycles. The van der Waals surface area contributed by atoms with Gasteiger partial charge in [-0.3, -0.25) is 0 Å². The molecule has 2 heteroatoms. The number of fused-ring (bicyclic) bond motifs is 3. The zero-order chi connectivity index (χ0) is 16.3. The van der Waals surface area contributed by atoms with Crippen molar-refractivity contribution in [2.75, 3.05) is 0 Å². The van der Waals surface area contributed by atoms with Crippen molar-refractivity contribution in [2.24, 2.45) is 11.3 Å². The molecule has 0 amide bonds. The van der Waals surface area contributed by atoms with E-state index in [1.807, 2.05) is 0 Å². The number of hydrogen-bond acceptors (Lipinski definition) is 2. The van der Waals surface area contributed by atoms with E-state index in [4.69, 9.17) is 0 Å². The Morgan fingerprint density at radius 3 is 2.45 bits per heavy atom. The second-order valence-electron chi connectivity index (χ2n) is 8.60. The normalized spacial score (nSPS) is 36.8. The van der Waals surface area contributed by atoms with E-state index in [-0.39, 0.29) is 16.9 Å². The van der Waals surface area contributed by atoms with Crippen LogP contribution >= 0.6 is 0 Å². The fourth-order valence-electron chi connectivity index (χ4n) is 5.01. The zero-order valence-corrected chi connectivity index (χ0v) is 14.6. The summed E-state index contributed by atoms with van der Waals surface area (Å²) in [5.74, 6) is 0.795. The first kappa shape index (κ1) is 16.0. The molecule has 4 atom stereocenters. The van der Waals surface area contributed by atoms with E-state index < -0.39 is 6.10 Å². The van der Waals surface area contributed by atoms with E-state index in [2.05, 4.69) is 52.8 Å². The summed E-state index contributed by atoms with van der Waals surface area (Å²) in [4.78, 5) is 0. The largest absolute Gasteiger partial charge is 0.393 e. The number of hydrogen-bond donors (Lipinski definition) is 2. The Bertz CT molecular complexity index is 575. The van der Waals surface area contributed by atoms with Gasteiger partial charge in [0.1, 0.15) is 0 Å². The smallest absolute Gasteiger partial charge is 0.0796 e. The summed E-state index contributed by atoms with van der Waals surface area (Å²) in [7, 11) is 0. The Hall–Kier alpha value is -0.860. The minimum atomic E-state index is -0.406. The van der Waals surface area contributed by atoms with Crippen molar-refractivity contribution >= 4 is 0 Å². The van der Waals surface area contributed by atoms with Crippen LogP contribution in [-0.4, -0.2) is 16.3 Å². The molecule has 0 saturated heterocycles. The summed E-state index contributed by atoms with van der Waals surface area (Å²) in [5, 5.41) is 21.2. The molecule has 0 heterocycles. The topological polar surface area (TPSA) is 40.5 Å². The Labute approximate surface area is 134 Å². The van der Waals surface area contributed by atoms with Crippen LogP contribution in [0.3, 0.4) is 0 Å². The first-order valence-corrected chi connectivity index (χ1v) is 8.68. The van der Waals surface area contributed by atoms with Crippen molar-refractivity contribution in [1.82, 2.24) is 0 Å². The second kappa shape index (κ2) is 5.07. The molecule has 122 valence electrons. The summed E-state index contributed by atoms with van der Waals surface area (Å²) in [5.41, 5.74) is 3.64. The van der Waals surface area contributed by atoms with E-state index in [1.54, 1.807) is 0 Å². The van der Waals surface area contributed by atoms with Crippen LogP contribution in [-0.2, 0) is 5.41 Å². The molecule has 1 aromatic rings. The quantitative estimate of drug-likeness (QED) is 0.812. The van der Waals surface area contributed by atoms with Gasteiger partial charge in [-0.05, 0) is 58.6 Å². The van der Waals surface area contributed by atoms with E-state index in [0.29, 0.717) is 11.8 Å². The van der Waals surface area contributed by atoms with Crippen LogP contribution in [0.1, 0.15) is 82.6 Å². The Kier molecular flexibility index (Phi) is 3.69. The van der Waals surface area contributed by atoms with Gasteiger partial charge in [0.05, 0.1) is 12.2 Å². The molecule has 2 N–H and O–H groups in total. The lowest BCUT2D eigenvalue weighted by Gasteiger charge is -2.57. The Morgan fingerprint density at radius 2 is 1.82 bits per heavy atom. The molecule has 1 unspecified atom stereocenters. The van der Waals surface area contributed by atoms with E-state index >= 15 is 0 Å². The predicted molar refractivity (Wildman–Crippen MR) is 90.0 cm³/mol. The van der Waals surface area contributed by atoms with Gasteiger partial charge in [-0.25, -0.2) is 0 Å². The predicted octanol–water partition coefficient (Wildman–Crippen LogP) is 4.30. The summed E-state index contributed by atoms with van der Waals surface area (Å²) in [6.07, 6.45) is 1.94. The van der Waals surface area contributed by atoms with Gasteiger partial charge in [0.15, 0.2) is 0 Å². The summed E-state index contributed by atoms with van der Waals surface area (Å²) < 4.78 is 0. The fraction of sp³-hybridized carbons (Fsp3) is 0.700. The highest BCUT2D eigenvalue weighted by Gasteiger charge is 2.54. The Morgan fingerprint density at radius 1 is 1.14 bits per heavy atom. The second-order valence-corrected chi connectivity index (χ2v) is 8.60. The molecule has 2 aliphatic carbocycles. The molecule has 2 nitrogen and oxygen atoms in total. The molecule has 1 fully saturated rings. The Balaban J connectivity index is 2.12. The highest BCUT2D eigenvalue weighted by molar-refractivity contribution is 5.43. The monoisotopic (exact) mass is 302 g/mol. The third-order valence-electron chi connectivity index (χ3n) is 6.64. The van der Waals surface area contributed by atoms with E-state index in [1.165, 1.54) is 11.1 Å². The van der Waals surface area contributed by atoms with Crippen molar-refractivity contribution < 1.29 is 10.2 Å². The molecule has 1 saturated carbocycles. The van der Waals surface area contributed by atoms with Crippen molar-refractivity contribution in [1.29, 1.82) is 0 Å². The molecule has 0 aromatic heterocycles. The molecule has 0 bridgehead atoms. The van der Waals surface area contributed by atoms with Crippen LogP contribution in [0.5, 0.6) is 0 Å². The maximum Gasteiger partial charge on any atom is 0.0796 e. The van der Waals surface area contributed by atoms with E-state index in [0.717, 1.165) is 24.8 Å². The van der Waals surface area contributed by atoms with Gasteiger partial charge in [-0.1, -0.05) is 52.8 Å². The minimum Gasteiger partial charge on any atom is -0.393 e. The van der Waals surface area contributed by atoms with Crippen LogP contribution in [0.15, 0.2) is 18.2 Å². The molecule has 0 spiro atoms. The van der Waals surface area contributed by atoms with Crippen LogP contribution in [0.25, 0.3) is 0 Å². The molecule has 0 radical (unpaired) electrons. The van der Waals surface area contributed by atoms with Gasteiger partial charge in [-0.15, -0.1) is 0 Å². The standard InChI is InChI=1S/C20H30O2/c1-12(2)13-6-7-15-14(10-13)16(21)11-17-19(3,4)18(22)8-9-20(15,17)5/h6-7,10,12,16-18,21-22H,8-9,11H2,1-5H3/t16-,17?,18+,20-/m1/s1. The molecule has 2 aliphatic rings. The third kappa shape index (κ3) is 2.15. The van der Waals surface area contributed by atoms with Crippen molar-refractivity contribution in [3.63, 3.8) is 0 Å². The lowest BCUT2D eigenvalue weighted by Crippen LogP contribution is -2.54. The molecule has 22 heavy (non-hydrogen) atoms. The molecule has 0 aliphatic heterocycles. The van der Waals surface area contributed by atoms with Crippen LogP contribution < -0.4 is 0 Å². The summed E-state index contributed by atoms with van der Waals surface area (Å²) >= 11 is 0. The first-order chi connectivity index (χ1) is 10.2. The van der Waals surface area contributed by atoms with Crippen molar-refractivity contribution in [3.05, 3.63) is 34.9 Å². The van der Waals surface area contributed by atoms with Crippen LogP contribution in [0, 0.1) is 11.3 Å². The lowest BCUT2D eigenvalue weighted by molar-refractivity contribution is -0.0900. The number of aliphatic hydroxyl groups excluding tert-OH is 2. The van der Waals surface area contributed by atoms with Crippen LogP contribution in [0.2, 0.25) is 0 Å². The summed E-state index contributed by atoms with van der Waals surface area (Å²) in [6.45, 7) is 11.1. The average Bonchev–Trinajstić information content (AvgIpc) is 2.46. The maximum absolute atomic E-state index is 10.8. The van der Waals surface area contributed by atoms with Gasteiger partial charge in [0, 0.05) is 0 Å². The van der Waals surface area contributed by atoms with Gasteiger partial charge < -0.3 is 10.2 Å². The SMILES string of the molecule is CC(C)c1ccc2c(c1)[C@H](O)CC1C(C)(C)[C@@H](O)CC[C@]21C. The third-order valence-corrected chi connectivity index (χ3v) is 6.64. The van der Waals surface area contributed by atoms with Crippen molar-refractivity contribution in [3.8, 4) is 0 Å². The van der Waals surface area contributed by atoms with Gasteiger partial charge in [-0.2, -0.15) is 0 Å². The fourth-order valence-corrected chi connectivity index (χ4v) is 5.01. The zero-order valence-electron chi connectivity index (χ0n) is 14.6. The van der Waals surface area contributed by atoms with Gasteiger partial charge >= 0.3 is 0 Å². The van der Waals surface area contributed by atoms with Crippen molar-refractivity contribution in [2.45, 2.75) is 77.4 Å². The molecular formula is C20H30O2. The van der Waals surface area contributed by atoms with E-state index in [9.17, 15) is 10.2 Å². The minimum absolute atomic E-state index is 0.0623. The number of benzene rings is 1. The number of rotatable bonds is 1. The highest BCUT2D eigenvalue weighted by atomic mass is 16.3. The lowest BCUT2D eigenvalue weighted by atomic mass is 9.49. The van der Waals surface area contributed by atoms with Gasteiger partial charge in [0.25, 0.3) is 0 Å². The summed E-state index contributed by atoms with van der Waals surface area (Å²) in [6, 6.07) is 6.68. The first-order valence-electron chi connectivity index (χ1n) is 8.68. The number of aliphatic hydroxyl groups is 2. The molecular weight excluding hydrogens is 272 g/mol.